The van der Waals surface area contributed by atoms with Crippen molar-refractivity contribution in [3.05, 3.63) is 29.8 Å². The Kier molecular flexibility index (Phi) is 4.02. The summed E-state index contributed by atoms with van der Waals surface area (Å²) >= 11 is 0. The van der Waals surface area contributed by atoms with Crippen molar-refractivity contribution in [1.29, 1.82) is 0 Å². The Balaban J connectivity index is 1.21. The fraction of sp³-hybridized carbons (Fsp3) is 0.696. The molecule has 1 heterocycles. The highest BCUT2D eigenvalue weighted by atomic mass is 16.2. The van der Waals surface area contributed by atoms with E-state index >= 15 is 0 Å². The predicted molar refractivity (Wildman–Crippen MR) is 105 cm³/mol. The van der Waals surface area contributed by atoms with Crippen molar-refractivity contribution in [2.75, 3.05) is 31.1 Å². The smallest absolute Gasteiger partial charge is 0.223 e. The molecule has 4 bridgehead atoms. The Morgan fingerprint density at radius 1 is 0.962 bits per heavy atom. The van der Waals surface area contributed by atoms with Crippen molar-refractivity contribution >= 4 is 11.6 Å². The first-order chi connectivity index (χ1) is 12.6. The Morgan fingerprint density at radius 3 is 2.12 bits per heavy atom. The van der Waals surface area contributed by atoms with Gasteiger partial charge in [-0.2, -0.15) is 0 Å². The van der Waals surface area contributed by atoms with Crippen molar-refractivity contribution in [3.8, 4) is 0 Å². The van der Waals surface area contributed by atoms with Crippen LogP contribution in [0.1, 0.15) is 50.5 Å². The Hall–Kier alpha value is -1.51. The highest BCUT2D eigenvalue weighted by molar-refractivity contribution is 5.77. The summed E-state index contributed by atoms with van der Waals surface area (Å²) < 4.78 is 0. The summed E-state index contributed by atoms with van der Waals surface area (Å²) in [7, 11) is 0. The molecule has 0 N–H and O–H groups in total. The van der Waals surface area contributed by atoms with Crippen LogP contribution in [0.3, 0.4) is 0 Å². The Morgan fingerprint density at radius 2 is 1.54 bits per heavy atom. The zero-order valence-electron chi connectivity index (χ0n) is 16.1. The lowest BCUT2D eigenvalue weighted by atomic mass is 9.49. The normalized spacial score (nSPS) is 35.8. The van der Waals surface area contributed by atoms with Gasteiger partial charge in [-0.25, -0.2) is 0 Å². The number of hydrogen-bond acceptors (Lipinski definition) is 2. The van der Waals surface area contributed by atoms with Gasteiger partial charge >= 0.3 is 0 Å². The number of aryl methyl sites for hydroxylation is 1. The summed E-state index contributed by atoms with van der Waals surface area (Å²) in [5.74, 6) is 3.25. The van der Waals surface area contributed by atoms with Crippen LogP contribution in [-0.2, 0) is 4.79 Å². The van der Waals surface area contributed by atoms with Crippen LogP contribution in [-0.4, -0.2) is 37.0 Å². The van der Waals surface area contributed by atoms with Crippen LogP contribution in [0.15, 0.2) is 24.3 Å². The van der Waals surface area contributed by atoms with Gasteiger partial charge in [0, 0.05) is 38.3 Å². The van der Waals surface area contributed by atoms with Crippen LogP contribution < -0.4 is 4.90 Å². The molecule has 0 unspecified atom stereocenters. The van der Waals surface area contributed by atoms with Crippen LogP contribution in [0.25, 0.3) is 0 Å². The second kappa shape index (κ2) is 6.28. The van der Waals surface area contributed by atoms with E-state index in [0.29, 0.717) is 11.3 Å². The third-order valence-corrected chi connectivity index (χ3v) is 7.78. The summed E-state index contributed by atoms with van der Waals surface area (Å²) in [4.78, 5) is 17.7. The van der Waals surface area contributed by atoms with Gasteiger partial charge in [0.25, 0.3) is 0 Å². The van der Waals surface area contributed by atoms with Gasteiger partial charge in [-0.1, -0.05) is 18.2 Å². The minimum Gasteiger partial charge on any atom is -0.368 e. The molecule has 1 saturated heterocycles. The highest BCUT2D eigenvalue weighted by Crippen LogP contribution is 2.61. The Labute approximate surface area is 157 Å². The lowest BCUT2D eigenvalue weighted by Gasteiger charge is -2.57. The molecule has 1 aromatic carbocycles. The third-order valence-electron chi connectivity index (χ3n) is 7.78. The molecule has 140 valence electrons. The standard InChI is InChI=1S/C23H32N2O/c1-17-4-2-3-5-21(17)24-6-8-25(9-7-24)22(26)16-23-13-18-10-19(14-23)12-20(11-18)15-23/h2-5,18-20H,6-16H2,1H3. The quantitative estimate of drug-likeness (QED) is 0.812. The molecule has 6 rings (SSSR count). The fourth-order valence-corrected chi connectivity index (χ4v) is 7.05. The minimum absolute atomic E-state index is 0.374. The zero-order valence-corrected chi connectivity index (χ0v) is 16.1. The number of carbonyl (C=O) groups is 1. The lowest BCUT2D eigenvalue weighted by Crippen LogP contribution is -2.52. The summed E-state index contributed by atoms with van der Waals surface area (Å²) in [5.41, 5.74) is 3.04. The number of para-hydroxylation sites is 1. The van der Waals surface area contributed by atoms with Crippen LogP contribution in [0.4, 0.5) is 5.69 Å². The molecular formula is C23H32N2O. The molecule has 4 aliphatic carbocycles. The molecule has 3 nitrogen and oxygen atoms in total. The molecule has 1 aliphatic heterocycles. The summed E-state index contributed by atoms with van der Waals surface area (Å²) in [6.07, 6.45) is 9.24. The van der Waals surface area contributed by atoms with E-state index in [0.717, 1.165) is 50.4 Å². The molecule has 0 radical (unpaired) electrons. The number of rotatable bonds is 3. The second-order valence-corrected chi connectivity index (χ2v) is 9.75. The number of anilines is 1. The van der Waals surface area contributed by atoms with Gasteiger partial charge in [-0.15, -0.1) is 0 Å². The third kappa shape index (κ3) is 2.93. The van der Waals surface area contributed by atoms with Gasteiger partial charge in [0.05, 0.1) is 0 Å². The molecular weight excluding hydrogens is 320 g/mol. The van der Waals surface area contributed by atoms with E-state index in [2.05, 4.69) is 41.0 Å². The monoisotopic (exact) mass is 352 g/mol. The van der Waals surface area contributed by atoms with E-state index in [-0.39, 0.29) is 0 Å². The number of nitrogens with zero attached hydrogens (tertiary/aromatic N) is 2. The number of piperazine rings is 1. The average molecular weight is 353 g/mol. The van der Waals surface area contributed by atoms with Crippen molar-refractivity contribution in [3.63, 3.8) is 0 Å². The first kappa shape index (κ1) is 16.6. The summed E-state index contributed by atoms with van der Waals surface area (Å²) in [6.45, 7) is 5.90. The predicted octanol–water partition coefficient (Wildman–Crippen LogP) is 4.25. The van der Waals surface area contributed by atoms with Gasteiger partial charge in [0.15, 0.2) is 0 Å². The number of carbonyl (C=O) groups excluding carboxylic acids is 1. The zero-order chi connectivity index (χ0) is 17.7. The molecule has 0 atom stereocenters. The average Bonchev–Trinajstić information content (AvgIpc) is 2.61. The highest BCUT2D eigenvalue weighted by Gasteiger charge is 2.51. The van der Waals surface area contributed by atoms with Crippen LogP contribution in [0, 0.1) is 30.1 Å². The van der Waals surface area contributed by atoms with Gasteiger partial charge < -0.3 is 9.80 Å². The fourth-order valence-electron chi connectivity index (χ4n) is 7.05. The molecule has 5 fully saturated rings. The number of amides is 1. The van der Waals surface area contributed by atoms with Gasteiger partial charge in [-0.05, 0) is 80.2 Å². The van der Waals surface area contributed by atoms with Gasteiger partial charge in [0.2, 0.25) is 5.91 Å². The topological polar surface area (TPSA) is 23.6 Å². The van der Waals surface area contributed by atoms with E-state index in [9.17, 15) is 4.79 Å². The lowest BCUT2D eigenvalue weighted by molar-refractivity contribution is -0.139. The van der Waals surface area contributed by atoms with Crippen molar-refractivity contribution in [2.24, 2.45) is 23.2 Å². The van der Waals surface area contributed by atoms with Gasteiger partial charge in [0.1, 0.15) is 0 Å². The molecule has 5 aliphatic rings. The van der Waals surface area contributed by atoms with E-state index in [1.54, 1.807) is 0 Å². The first-order valence-corrected chi connectivity index (χ1v) is 10.7. The van der Waals surface area contributed by atoms with E-state index < -0.39 is 0 Å². The summed E-state index contributed by atoms with van der Waals surface area (Å²) in [5, 5.41) is 0. The van der Waals surface area contributed by atoms with Crippen LogP contribution >= 0.6 is 0 Å². The van der Waals surface area contributed by atoms with Crippen molar-refractivity contribution < 1.29 is 4.79 Å². The van der Waals surface area contributed by atoms with Crippen LogP contribution in [0.5, 0.6) is 0 Å². The summed E-state index contributed by atoms with van der Waals surface area (Å²) in [6, 6.07) is 8.61. The van der Waals surface area contributed by atoms with Crippen LogP contribution in [0.2, 0.25) is 0 Å². The molecule has 1 aromatic rings. The largest absolute Gasteiger partial charge is 0.368 e. The van der Waals surface area contributed by atoms with Crippen molar-refractivity contribution in [2.45, 2.75) is 51.9 Å². The molecule has 26 heavy (non-hydrogen) atoms. The molecule has 3 heteroatoms. The number of hydrogen-bond donors (Lipinski definition) is 0. The maximum atomic E-state index is 13.1. The maximum absolute atomic E-state index is 13.1. The maximum Gasteiger partial charge on any atom is 0.223 e. The SMILES string of the molecule is Cc1ccccc1N1CCN(C(=O)CC23CC4CC(CC(C4)C2)C3)CC1. The van der Waals surface area contributed by atoms with E-state index in [1.807, 2.05) is 0 Å². The second-order valence-electron chi connectivity index (χ2n) is 9.75. The molecule has 1 amide bonds. The minimum atomic E-state index is 0.374. The van der Waals surface area contributed by atoms with Crippen molar-refractivity contribution in [1.82, 2.24) is 4.90 Å². The molecule has 4 saturated carbocycles. The van der Waals surface area contributed by atoms with Gasteiger partial charge in [-0.3, -0.25) is 4.79 Å². The Bertz CT molecular complexity index is 654. The number of benzene rings is 1. The molecule has 0 spiro atoms. The first-order valence-electron chi connectivity index (χ1n) is 10.7. The van der Waals surface area contributed by atoms with E-state index in [1.165, 1.54) is 49.8 Å². The molecule has 0 aromatic heterocycles. The van der Waals surface area contributed by atoms with E-state index in [4.69, 9.17) is 0 Å².